The second-order valence-electron chi connectivity index (χ2n) is 4.40. The fourth-order valence-electron chi connectivity index (χ4n) is 2.97. The maximum Gasteiger partial charge on any atom is 0.114 e. The Morgan fingerprint density at radius 3 is 2.82 bits per heavy atom. The fraction of sp³-hybridized carbons (Fsp3) is 1.00. The Balaban J connectivity index is 1.85. The highest BCUT2D eigenvalue weighted by Gasteiger charge is 2.57. The molecule has 2 heteroatoms. The minimum absolute atomic E-state index is 0.516. The van der Waals surface area contributed by atoms with Crippen LogP contribution in [0.4, 0.5) is 4.39 Å². The summed E-state index contributed by atoms with van der Waals surface area (Å²) >= 11 is 0. The molecule has 1 spiro atoms. The highest BCUT2D eigenvalue weighted by Crippen LogP contribution is 2.54. The summed E-state index contributed by atoms with van der Waals surface area (Å²) in [7, 11) is 0. The first-order valence-electron chi connectivity index (χ1n) is 4.71. The van der Waals surface area contributed by atoms with Crippen molar-refractivity contribution >= 4 is 0 Å². The molecule has 0 amide bonds. The topological polar surface area (TPSA) is 3.24 Å². The van der Waals surface area contributed by atoms with Gasteiger partial charge in [0.1, 0.15) is 6.17 Å². The molecule has 2 atom stereocenters. The molecule has 0 radical (unpaired) electrons. The lowest BCUT2D eigenvalue weighted by atomic mass is 10.1. The van der Waals surface area contributed by atoms with Gasteiger partial charge in [0.15, 0.2) is 0 Å². The maximum atomic E-state index is 13.0. The van der Waals surface area contributed by atoms with E-state index in [1.807, 2.05) is 0 Å². The van der Waals surface area contributed by atoms with Crippen LogP contribution in [0.1, 0.15) is 32.1 Å². The first kappa shape index (κ1) is 6.41. The Bertz CT molecular complexity index is 188. The molecule has 3 fully saturated rings. The Hall–Kier alpha value is -0.110. The van der Waals surface area contributed by atoms with Crippen molar-refractivity contribution in [3.63, 3.8) is 0 Å². The normalized spacial score (nSPS) is 46.6. The lowest BCUT2D eigenvalue weighted by Crippen LogP contribution is -2.33. The second kappa shape index (κ2) is 1.79. The highest BCUT2D eigenvalue weighted by atomic mass is 19.1. The van der Waals surface area contributed by atoms with Crippen molar-refractivity contribution < 1.29 is 4.39 Å². The lowest BCUT2D eigenvalue weighted by Gasteiger charge is -2.22. The molecule has 1 nitrogen and oxygen atoms in total. The Labute approximate surface area is 66.6 Å². The van der Waals surface area contributed by atoms with E-state index < -0.39 is 6.17 Å². The van der Waals surface area contributed by atoms with Gasteiger partial charge in [-0.3, -0.25) is 4.90 Å². The average molecular weight is 155 g/mol. The molecule has 0 aromatic carbocycles. The summed E-state index contributed by atoms with van der Waals surface area (Å²) < 4.78 is 13.0. The van der Waals surface area contributed by atoms with Crippen LogP contribution in [0, 0.1) is 0 Å². The zero-order valence-electron chi connectivity index (χ0n) is 6.72. The van der Waals surface area contributed by atoms with Crippen LogP contribution in [0.25, 0.3) is 0 Å². The van der Waals surface area contributed by atoms with Gasteiger partial charge in [0.25, 0.3) is 0 Å². The molecule has 3 aliphatic rings. The van der Waals surface area contributed by atoms with Gasteiger partial charge in [0.05, 0.1) is 0 Å². The molecule has 3 rings (SSSR count). The van der Waals surface area contributed by atoms with E-state index in [4.69, 9.17) is 0 Å². The van der Waals surface area contributed by atoms with Gasteiger partial charge in [-0.2, -0.15) is 0 Å². The molecule has 11 heavy (non-hydrogen) atoms. The molecule has 2 heterocycles. The molecule has 2 aliphatic heterocycles. The third-order valence-electron chi connectivity index (χ3n) is 3.74. The van der Waals surface area contributed by atoms with Gasteiger partial charge in [-0.25, -0.2) is 4.39 Å². The molecule has 1 aliphatic carbocycles. The summed E-state index contributed by atoms with van der Waals surface area (Å²) in [5.74, 6) is 0. The van der Waals surface area contributed by atoms with Gasteiger partial charge in [-0.15, -0.1) is 0 Å². The number of halogens is 1. The van der Waals surface area contributed by atoms with E-state index in [0.717, 1.165) is 13.0 Å². The SMILES string of the molecule is FC1CC2CCC3(CC3)N2C1. The number of nitrogens with zero attached hydrogens (tertiary/aromatic N) is 1. The van der Waals surface area contributed by atoms with Crippen LogP contribution in [0.3, 0.4) is 0 Å². The van der Waals surface area contributed by atoms with E-state index in [9.17, 15) is 4.39 Å². The van der Waals surface area contributed by atoms with Crippen molar-refractivity contribution in [1.82, 2.24) is 4.90 Å². The molecule has 2 unspecified atom stereocenters. The number of fused-ring (bicyclic) bond motifs is 2. The van der Waals surface area contributed by atoms with Crippen molar-refractivity contribution in [2.45, 2.75) is 49.9 Å². The molecule has 0 N–H and O–H groups in total. The predicted octanol–water partition coefficient (Wildman–Crippen LogP) is 1.73. The molecule has 1 saturated carbocycles. The van der Waals surface area contributed by atoms with Crippen LogP contribution < -0.4 is 0 Å². The van der Waals surface area contributed by atoms with E-state index in [1.165, 1.54) is 25.7 Å². The zero-order chi connectivity index (χ0) is 7.47. The molecular formula is C9H14FN. The van der Waals surface area contributed by atoms with E-state index >= 15 is 0 Å². The van der Waals surface area contributed by atoms with E-state index in [-0.39, 0.29) is 0 Å². The largest absolute Gasteiger partial charge is 0.292 e. The standard InChI is InChI=1S/C9H14FN/c10-7-5-8-1-2-9(3-4-9)11(8)6-7/h7-8H,1-6H2. The van der Waals surface area contributed by atoms with Crippen molar-refractivity contribution in [3.05, 3.63) is 0 Å². The van der Waals surface area contributed by atoms with Crippen molar-refractivity contribution in [1.29, 1.82) is 0 Å². The van der Waals surface area contributed by atoms with Gasteiger partial charge < -0.3 is 0 Å². The van der Waals surface area contributed by atoms with Crippen LogP contribution in [0.5, 0.6) is 0 Å². The third-order valence-corrected chi connectivity index (χ3v) is 3.74. The summed E-state index contributed by atoms with van der Waals surface area (Å²) in [5, 5.41) is 0. The number of hydrogen-bond acceptors (Lipinski definition) is 1. The predicted molar refractivity (Wildman–Crippen MR) is 41.2 cm³/mol. The quantitative estimate of drug-likeness (QED) is 0.515. The number of rotatable bonds is 0. The lowest BCUT2D eigenvalue weighted by molar-refractivity contribution is 0.211. The summed E-state index contributed by atoms with van der Waals surface area (Å²) in [6.07, 6.45) is 5.61. The minimum Gasteiger partial charge on any atom is -0.292 e. The average Bonchev–Trinajstić information content (AvgIpc) is 2.57. The minimum atomic E-state index is -0.516. The molecule has 0 aromatic rings. The van der Waals surface area contributed by atoms with Crippen LogP contribution >= 0.6 is 0 Å². The monoisotopic (exact) mass is 155 g/mol. The first-order valence-corrected chi connectivity index (χ1v) is 4.71. The first-order chi connectivity index (χ1) is 5.30. The highest BCUT2D eigenvalue weighted by molar-refractivity contribution is 5.13. The second-order valence-corrected chi connectivity index (χ2v) is 4.40. The Morgan fingerprint density at radius 1 is 1.27 bits per heavy atom. The summed E-state index contributed by atoms with van der Waals surface area (Å²) in [5.41, 5.74) is 0.519. The molecule has 0 bridgehead atoms. The number of hydrogen-bond donors (Lipinski definition) is 0. The van der Waals surface area contributed by atoms with Crippen molar-refractivity contribution in [3.8, 4) is 0 Å². The van der Waals surface area contributed by atoms with Gasteiger partial charge >= 0.3 is 0 Å². The van der Waals surface area contributed by atoms with Crippen molar-refractivity contribution in [2.24, 2.45) is 0 Å². The Morgan fingerprint density at radius 2 is 2.09 bits per heavy atom. The van der Waals surface area contributed by atoms with Crippen LogP contribution in [-0.4, -0.2) is 29.2 Å². The van der Waals surface area contributed by atoms with Gasteiger partial charge in [-0.05, 0) is 32.1 Å². The van der Waals surface area contributed by atoms with Crippen LogP contribution in [0.15, 0.2) is 0 Å². The van der Waals surface area contributed by atoms with E-state index in [0.29, 0.717) is 11.6 Å². The Kier molecular flexibility index (Phi) is 1.04. The van der Waals surface area contributed by atoms with Crippen molar-refractivity contribution in [2.75, 3.05) is 6.54 Å². The summed E-state index contributed by atoms with van der Waals surface area (Å²) in [4.78, 5) is 2.46. The van der Waals surface area contributed by atoms with E-state index in [2.05, 4.69) is 4.90 Å². The third kappa shape index (κ3) is 0.738. The van der Waals surface area contributed by atoms with Crippen LogP contribution in [-0.2, 0) is 0 Å². The van der Waals surface area contributed by atoms with E-state index in [1.54, 1.807) is 0 Å². The molecule has 0 aromatic heterocycles. The molecule has 62 valence electrons. The smallest absolute Gasteiger partial charge is 0.114 e. The summed E-state index contributed by atoms with van der Waals surface area (Å²) in [6.45, 7) is 0.741. The maximum absolute atomic E-state index is 13.0. The van der Waals surface area contributed by atoms with Gasteiger partial charge in [0, 0.05) is 18.1 Å². The van der Waals surface area contributed by atoms with Crippen LogP contribution in [0.2, 0.25) is 0 Å². The molecule has 2 saturated heterocycles. The zero-order valence-corrected chi connectivity index (χ0v) is 6.72. The number of alkyl halides is 1. The summed E-state index contributed by atoms with van der Waals surface area (Å²) in [6, 6.07) is 0.618. The molecular weight excluding hydrogens is 141 g/mol. The van der Waals surface area contributed by atoms with Gasteiger partial charge in [-0.1, -0.05) is 0 Å². The van der Waals surface area contributed by atoms with Gasteiger partial charge in [0.2, 0.25) is 0 Å². The fourth-order valence-corrected chi connectivity index (χ4v) is 2.97.